The molecule has 0 aromatic heterocycles. The number of ether oxygens (including phenoxy) is 1. The quantitative estimate of drug-likeness (QED) is 0.491. The third-order valence-electron chi connectivity index (χ3n) is 2.24. The minimum atomic E-state index is -0.472. The van der Waals surface area contributed by atoms with Gasteiger partial charge in [0.15, 0.2) is 5.57 Å². The third kappa shape index (κ3) is 3.47. The molecule has 1 aromatic rings. The van der Waals surface area contributed by atoms with Crippen molar-refractivity contribution >= 4 is 34.2 Å². The van der Waals surface area contributed by atoms with E-state index in [1.807, 2.05) is 22.6 Å². The van der Waals surface area contributed by atoms with Crippen molar-refractivity contribution in [2.45, 2.75) is 0 Å². The van der Waals surface area contributed by atoms with Gasteiger partial charge in [0, 0.05) is 3.57 Å². The molecule has 0 saturated carbocycles. The Bertz CT molecular complexity index is 689. The maximum Gasteiger partial charge on any atom is 0.337 e. The minimum absolute atomic E-state index is 0.140. The average molecular weight is 378 g/mol. The highest BCUT2D eigenvalue weighted by Gasteiger charge is 2.11. The second-order valence-electron chi connectivity index (χ2n) is 3.40. The third-order valence-corrected chi connectivity index (χ3v) is 3.13. The predicted molar refractivity (Wildman–Crippen MR) is 78.0 cm³/mol. The molecule has 0 bridgehead atoms. The zero-order valence-electron chi connectivity index (χ0n) is 10.3. The number of nitrogens with zero attached hydrogens (tertiary/aromatic N) is 3. The van der Waals surface area contributed by atoms with Gasteiger partial charge in [-0.1, -0.05) is 0 Å². The molecule has 0 atom stereocenters. The van der Waals surface area contributed by atoms with Gasteiger partial charge in [-0.3, -0.25) is 0 Å². The van der Waals surface area contributed by atoms with E-state index in [0.29, 0.717) is 14.8 Å². The Hall–Kier alpha value is -2.57. The molecule has 6 nitrogen and oxygen atoms in total. The maximum atomic E-state index is 11.4. The molecule has 0 aliphatic rings. The molecule has 1 aromatic carbocycles. The summed E-state index contributed by atoms with van der Waals surface area (Å²) in [6.07, 6.45) is 0. The largest absolute Gasteiger partial charge is 0.465 e. The van der Waals surface area contributed by atoms with Crippen LogP contribution in [0.1, 0.15) is 10.4 Å². The Morgan fingerprint density at radius 1 is 1.25 bits per heavy atom. The van der Waals surface area contributed by atoms with Gasteiger partial charge in [-0.2, -0.15) is 15.8 Å². The minimum Gasteiger partial charge on any atom is -0.465 e. The van der Waals surface area contributed by atoms with E-state index in [-0.39, 0.29) is 11.3 Å². The van der Waals surface area contributed by atoms with E-state index in [2.05, 4.69) is 10.1 Å². The van der Waals surface area contributed by atoms with Crippen molar-refractivity contribution in [3.8, 4) is 18.2 Å². The monoisotopic (exact) mass is 378 g/mol. The fourth-order valence-electron chi connectivity index (χ4n) is 1.28. The maximum absolute atomic E-state index is 11.4. The fourth-order valence-corrected chi connectivity index (χ4v) is 1.93. The zero-order valence-corrected chi connectivity index (χ0v) is 12.4. The van der Waals surface area contributed by atoms with Crippen molar-refractivity contribution in [2.75, 3.05) is 12.4 Å². The van der Waals surface area contributed by atoms with Gasteiger partial charge in [0.2, 0.25) is 0 Å². The number of esters is 1. The second kappa shape index (κ2) is 7.13. The molecule has 0 aliphatic carbocycles. The van der Waals surface area contributed by atoms with Gasteiger partial charge >= 0.3 is 5.97 Å². The molecule has 0 unspecified atom stereocenters. The van der Waals surface area contributed by atoms with Crippen molar-refractivity contribution < 1.29 is 9.53 Å². The van der Waals surface area contributed by atoms with Crippen LogP contribution in [0.15, 0.2) is 29.5 Å². The lowest BCUT2D eigenvalue weighted by atomic mass is 10.2. The van der Waals surface area contributed by atoms with E-state index in [4.69, 9.17) is 15.8 Å². The van der Waals surface area contributed by atoms with Crippen LogP contribution in [-0.4, -0.2) is 13.1 Å². The standard InChI is InChI=1S/C13H7IN4O2/c1-20-13(19)8-2-3-11(10(14)4-8)18-12(7-17)9(5-15)6-16/h2-4,18H,1H3. The second-order valence-corrected chi connectivity index (χ2v) is 4.56. The van der Waals surface area contributed by atoms with Gasteiger partial charge in [0.05, 0.1) is 18.4 Å². The molecule has 1 rings (SSSR count). The Morgan fingerprint density at radius 3 is 2.35 bits per heavy atom. The Balaban J connectivity index is 3.16. The average Bonchev–Trinajstić information content (AvgIpc) is 2.47. The van der Waals surface area contributed by atoms with E-state index in [1.54, 1.807) is 30.3 Å². The van der Waals surface area contributed by atoms with Crippen LogP contribution in [-0.2, 0) is 4.74 Å². The van der Waals surface area contributed by atoms with Crippen LogP contribution in [0.25, 0.3) is 0 Å². The van der Waals surface area contributed by atoms with E-state index in [0.717, 1.165) is 0 Å². The molecule has 0 radical (unpaired) electrons. The Labute approximate surface area is 129 Å². The first-order valence-electron chi connectivity index (χ1n) is 5.16. The highest BCUT2D eigenvalue weighted by Crippen LogP contribution is 2.22. The number of carbonyl (C=O) groups excluding carboxylic acids is 1. The van der Waals surface area contributed by atoms with Crippen LogP contribution in [0.2, 0.25) is 0 Å². The van der Waals surface area contributed by atoms with Crippen molar-refractivity contribution in [1.82, 2.24) is 0 Å². The molecule has 7 heteroatoms. The summed E-state index contributed by atoms with van der Waals surface area (Å²) in [4.78, 5) is 11.4. The topological polar surface area (TPSA) is 110 Å². The SMILES string of the molecule is COC(=O)c1ccc(NC(C#N)=C(C#N)C#N)c(I)c1. The number of methoxy groups -OCH3 is 1. The van der Waals surface area contributed by atoms with Crippen LogP contribution in [0.3, 0.4) is 0 Å². The van der Waals surface area contributed by atoms with Crippen molar-refractivity contribution in [3.63, 3.8) is 0 Å². The van der Waals surface area contributed by atoms with Crippen LogP contribution >= 0.6 is 22.6 Å². The summed E-state index contributed by atoms with van der Waals surface area (Å²) in [5.74, 6) is -0.472. The summed E-state index contributed by atoms with van der Waals surface area (Å²) in [5, 5.41) is 29.1. The molecule has 0 spiro atoms. The number of nitriles is 3. The van der Waals surface area contributed by atoms with Gasteiger partial charge < -0.3 is 10.1 Å². The molecule has 20 heavy (non-hydrogen) atoms. The zero-order chi connectivity index (χ0) is 15.1. The van der Waals surface area contributed by atoms with Crippen molar-refractivity contribution in [3.05, 3.63) is 38.6 Å². The lowest BCUT2D eigenvalue weighted by Crippen LogP contribution is -2.05. The Kier molecular flexibility index (Phi) is 5.52. The lowest BCUT2D eigenvalue weighted by Gasteiger charge is -2.08. The highest BCUT2D eigenvalue weighted by atomic mass is 127. The van der Waals surface area contributed by atoms with E-state index >= 15 is 0 Å². The summed E-state index contributed by atoms with van der Waals surface area (Å²) >= 11 is 1.96. The molecular formula is C13H7IN4O2. The lowest BCUT2D eigenvalue weighted by molar-refractivity contribution is 0.0600. The van der Waals surface area contributed by atoms with E-state index < -0.39 is 5.97 Å². The van der Waals surface area contributed by atoms with E-state index in [9.17, 15) is 4.79 Å². The summed E-state index contributed by atoms with van der Waals surface area (Å²) < 4.78 is 5.24. The Morgan fingerprint density at radius 2 is 1.90 bits per heavy atom. The molecule has 0 heterocycles. The van der Waals surface area contributed by atoms with Crippen molar-refractivity contribution in [1.29, 1.82) is 15.8 Å². The number of hydrogen-bond acceptors (Lipinski definition) is 6. The first-order valence-corrected chi connectivity index (χ1v) is 6.24. The smallest absolute Gasteiger partial charge is 0.337 e. The number of rotatable bonds is 3. The summed E-state index contributed by atoms with van der Waals surface area (Å²) in [6, 6.07) is 9.69. The van der Waals surface area contributed by atoms with Crippen LogP contribution in [0, 0.1) is 37.6 Å². The molecule has 1 N–H and O–H groups in total. The highest BCUT2D eigenvalue weighted by molar-refractivity contribution is 14.1. The van der Waals surface area contributed by atoms with Gasteiger partial charge in [0.1, 0.15) is 23.9 Å². The number of nitrogens with one attached hydrogen (secondary N) is 1. The number of allylic oxidation sites excluding steroid dienone is 2. The van der Waals surface area contributed by atoms with Gasteiger partial charge in [0.25, 0.3) is 0 Å². The van der Waals surface area contributed by atoms with Crippen LogP contribution in [0.5, 0.6) is 0 Å². The molecule has 0 fully saturated rings. The number of anilines is 1. The number of hydrogen-bond donors (Lipinski definition) is 1. The molecular weight excluding hydrogens is 371 g/mol. The summed E-state index contributed by atoms with van der Waals surface area (Å²) in [6.45, 7) is 0. The van der Waals surface area contributed by atoms with Crippen LogP contribution < -0.4 is 5.32 Å². The molecule has 98 valence electrons. The van der Waals surface area contributed by atoms with Gasteiger partial charge in [-0.15, -0.1) is 0 Å². The van der Waals surface area contributed by atoms with Gasteiger partial charge in [-0.25, -0.2) is 4.79 Å². The summed E-state index contributed by atoms with van der Waals surface area (Å²) in [7, 11) is 1.28. The molecule has 0 saturated heterocycles. The number of carbonyl (C=O) groups is 1. The van der Waals surface area contributed by atoms with Crippen molar-refractivity contribution in [2.24, 2.45) is 0 Å². The first-order chi connectivity index (χ1) is 9.57. The number of halogens is 1. The van der Waals surface area contributed by atoms with E-state index in [1.165, 1.54) is 13.2 Å². The number of benzene rings is 1. The fraction of sp³-hybridized carbons (Fsp3) is 0.0769. The van der Waals surface area contributed by atoms with Gasteiger partial charge in [-0.05, 0) is 40.8 Å². The predicted octanol–water partition coefficient (Wildman–Crippen LogP) is 2.31. The van der Waals surface area contributed by atoms with Crippen LogP contribution in [0.4, 0.5) is 5.69 Å². The normalized spacial score (nSPS) is 8.55. The first kappa shape index (κ1) is 15.5. The molecule has 0 aliphatic heterocycles. The molecule has 0 amide bonds. The summed E-state index contributed by atoms with van der Waals surface area (Å²) in [5.41, 5.74) is 0.433.